The third kappa shape index (κ3) is 4.32. The molecule has 0 bridgehead atoms. The summed E-state index contributed by atoms with van der Waals surface area (Å²) in [5.74, 6) is 0.515. The van der Waals surface area contributed by atoms with Crippen LogP contribution in [-0.4, -0.2) is 48.5 Å². The second kappa shape index (κ2) is 7.93. The fourth-order valence-electron chi connectivity index (χ4n) is 2.78. The number of para-hydroxylation sites is 1. The van der Waals surface area contributed by atoms with Gasteiger partial charge < -0.3 is 9.64 Å². The van der Waals surface area contributed by atoms with E-state index in [0.29, 0.717) is 30.9 Å². The summed E-state index contributed by atoms with van der Waals surface area (Å²) in [7, 11) is 0. The van der Waals surface area contributed by atoms with Crippen LogP contribution in [-0.2, 0) is 11.3 Å². The summed E-state index contributed by atoms with van der Waals surface area (Å²) in [5, 5.41) is 0. The molecule has 1 saturated heterocycles. The first-order valence-corrected chi connectivity index (χ1v) is 8.14. The molecule has 0 unspecified atom stereocenters. The molecule has 0 aliphatic carbocycles. The van der Waals surface area contributed by atoms with Crippen LogP contribution in [0.5, 0.6) is 5.75 Å². The number of ether oxygens (including phenoxy) is 1. The fraction of sp³-hybridized carbons (Fsp3) is 0.316. The quantitative estimate of drug-likeness (QED) is 0.846. The summed E-state index contributed by atoms with van der Waals surface area (Å²) < 4.78 is 19.2. The van der Waals surface area contributed by atoms with Gasteiger partial charge in [-0.05, 0) is 18.2 Å². The number of hydrogen-bond donors (Lipinski definition) is 0. The second-order valence-corrected chi connectivity index (χ2v) is 5.85. The van der Waals surface area contributed by atoms with Crippen LogP contribution in [0.15, 0.2) is 54.6 Å². The smallest absolute Gasteiger partial charge is 0.260 e. The lowest BCUT2D eigenvalue weighted by molar-refractivity contribution is -0.135. The summed E-state index contributed by atoms with van der Waals surface area (Å²) in [4.78, 5) is 16.2. The van der Waals surface area contributed by atoms with E-state index in [1.165, 1.54) is 6.07 Å². The van der Waals surface area contributed by atoms with Crippen molar-refractivity contribution in [3.05, 3.63) is 66.0 Å². The van der Waals surface area contributed by atoms with Crippen LogP contribution < -0.4 is 4.74 Å². The summed E-state index contributed by atoms with van der Waals surface area (Å²) in [6.45, 7) is 3.40. The monoisotopic (exact) mass is 328 g/mol. The number of carbonyl (C=O) groups is 1. The molecule has 5 heteroatoms. The minimum atomic E-state index is -0.174. The highest BCUT2D eigenvalue weighted by atomic mass is 19.1. The van der Waals surface area contributed by atoms with Gasteiger partial charge in [0.25, 0.3) is 5.91 Å². The Morgan fingerprint density at radius 2 is 1.62 bits per heavy atom. The van der Waals surface area contributed by atoms with E-state index < -0.39 is 0 Å². The minimum Gasteiger partial charge on any atom is -0.484 e. The number of amides is 1. The molecular formula is C19H21FN2O2. The van der Waals surface area contributed by atoms with Crippen LogP contribution in [0, 0.1) is 5.82 Å². The summed E-state index contributed by atoms with van der Waals surface area (Å²) in [5.41, 5.74) is 0.699. The van der Waals surface area contributed by atoms with Gasteiger partial charge >= 0.3 is 0 Å². The number of halogens is 1. The molecule has 3 rings (SSSR count). The van der Waals surface area contributed by atoms with Crippen LogP contribution >= 0.6 is 0 Å². The summed E-state index contributed by atoms with van der Waals surface area (Å²) >= 11 is 0. The van der Waals surface area contributed by atoms with Crippen LogP contribution in [0.1, 0.15) is 5.56 Å². The molecule has 24 heavy (non-hydrogen) atoms. The van der Waals surface area contributed by atoms with Crippen molar-refractivity contribution < 1.29 is 13.9 Å². The fourth-order valence-corrected chi connectivity index (χ4v) is 2.78. The molecule has 1 heterocycles. The SMILES string of the molecule is O=C(COc1ccccc1)N1CCN(Cc2ccccc2F)CC1. The van der Waals surface area contributed by atoms with Gasteiger partial charge in [-0.2, -0.15) is 0 Å². The molecule has 2 aromatic carbocycles. The summed E-state index contributed by atoms with van der Waals surface area (Å²) in [6.07, 6.45) is 0. The van der Waals surface area contributed by atoms with Gasteiger partial charge in [-0.15, -0.1) is 0 Å². The van der Waals surface area contributed by atoms with Crippen molar-refractivity contribution in [1.29, 1.82) is 0 Å². The van der Waals surface area contributed by atoms with E-state index in [9.17, 15) is 9.18 Å². The molecule has 4 nitrogen and oxygen atoms in total. The lowest BCUT2D eigenvalue weighted by atomic mass is 10.2. The highest BCUT2D eigenvalue weighted by molar-refractivity contribution is 5.77. The lowest BCUT2D eigenvalue weighted by Gasteiger charge is -2.34. The van der Waals surface area contributed by atoms with E-state index in [0.717, 1.165) is 13.1 Å². The Bertz CT molecular complexity index is 670. The van der Waals surface area contributed by atoms with E-state index in [4.69, 9.17) is 4.74 Å². The van der Waals surface area contributed by atoms with Crippen molar-refractivity contribution in [1.82, 2.24) is 9.80 Å². The Hall–Kier alpha value is -2.40. The van der Waals surface area contributed by atoms with Crippen molar-refractivity contribution in [3.63, 3.8) is 0 Å². The number of benzene rings is 2. The molecule has 0 spiro atoms. The van der Waals surface area contributed by atoms with Crippen LogP contribution in [0.25, 0.3) is 0 Å². The largest absolute Gasteiger partial charge is 0.484 e. The molecule has 1 aliphatic rings. The van der Waals surface area contributed by atoms with Gasteiger partial charge in [0.1, 0.15) is 11.6 Å². The average Bonchev–Trinajstić information content (AvgIpc) is 2.63. The maximum atomic E-state index is 13.7. The van der Waals surface area contributed by atoms with E-state index in [1.54, 1.807) is 17.0 Å². The topological polar surface area (TPSA) is 32.8 Å². The number of nitrogens with zero attached hydrogens (tertiary/aromatic N) is 2. The van der Waals surface area contributed by atoms with Crippen molar-refractivity contribution in [2.45, 2.75) is 6.54 Å². The molecule has 126 valence electrons. The molecule has 0 radical (unpaired) electrons. The standard InChI is InChI=1S/C19H21FN2O2/c20-18-9-5-4-6-16(18)14-21-10-12-22(13-11-21)19(23)15-24-17-7-2-1-3-8-17/h1-9H,10-15H2. The molecule has 0 saturated carbocycles. The molecule has 1 fully saturated rings. The molecule has 0 N–H and O–H groups in total. The Morgan fingerprint density at radius 1 is 0.958 bits per heavy atom. The highest BCUT2D eigenvalue weighted by Gasteiger charge is 2.21. The van der Waals surface area contributed by atoms with Crippen molar-refractivity contribution >= 4 is 5.91 Å². The van der Waals surface area contributed by atoms with Crippen molar-refractivity contribution in [2.75, 3.05) is 32.8 Å². The van der Waals surface area contributed by atoms with Crippen LogP contribution in [0.2, 0.25) is 0 Å². The predicted molar refractivity (Wildman–Crippen MR) is 90.2 cm³/mol. The number of rotatable bonds is 5. The molecular weight excluding hydrogens is 307 g/mol. The van der Waals surface area contributed by atoms with E-state index in [2.05, 4.69) is 4.90 Å². The van der Waals surface area contributed by atoms with E-state index >= 15 is 0 Å². The Labute approximate surface area is 141 Å². The minimum absolute atomic E-state index is 0.00982. The van der Waals surface area contributed by atoms with Crippen LogP contribution in [0.4, 0.5) is 4.39 Å². The Balaban J connectivity index is 1.44. The van der Waals surface area contributed by atoms with Gasteiger partial charge in [-0.25, -0.2) is 4.39 Å². The van der Waals surface area contributed by atoms with E-state index in [1.807, 2.05) is 36.4 Å². The molecule has 1 aliphatic heterocycles. The van der Waals surface area contributed by atoms with Gasteiger partial charge in [0.2, 0.25) is 0 Å². The van der Waals surface area contributed by atoms with E-state index in [-0.39, 0.29) is 18.3 Å². The highest BCUT2D eigenvalue weighted by Crippen LogP contribution is 2.13. The second-order valence-electron chi connectivity index (χ2n) is 5.85. The Kier molecular flexibility index (Phi) is 5.43. The molecule has 0 aromatic heterocycles. The number of hydrogen-bond acceptors (Lipinski definition) is 3. The predicted octanol–water partition coefficient (Wildman–Crippen LogP) is 2.55. The maximum Gasteiger partial charge on any atom is 0.260 e. The first-order chi connectivity index (χ1) is 11.7. The third-order valence-electron chi connectivity index (χ3n) is 4.18. The zero-order valence-corrected chi connectivity index (χ0v) is 13.5. The third-order valence-corrected chi connectivity index (χ3v) is 4.18. The zero-order chi connectivity index (χ0) is 16.8. The normalized spacial score (nSPS) is 15.3. The first kappa shape index (κ1) is 16.5. The average molecular weight is 328 g/mol. The lowest BCUT2D eigenvalue weighted by Crippen LogP contribution is -2.49. The van der Waals surface area contributed by atoms with Crippen molar-refractivity contribution in [2.24, 2.45) is 0 Å². The molecule has 0 atom stereocenters. The maximum absolute atomic E-state index is 13.7. The summed E-state index contributed by atoms with van der Waals surface area (Å²) in [6, 6.07) is 16.2. The van der Waals surface area contributed by atoms with Gasteiger partial charge in [-0.1, -0.05) is 36.4 Å². The van der Waals surface area contributed by atoms with Gasteiger partial charge in [0, 0.05) is 38.3 Å². The zero-order valence-electron chi connectivity index (χ0n) is 13.5. The molecule has 2 aromatic rings. The number of carbonyl (C=O) groups excluding carboxylic acids is 1. The van der Waals surface area contributed by atoms with Gasteiger partial charge in [0.15, 0.2) is 6.61 Å². The first-order valence-electron chi connectivity index (χ1n) is 8.14. The van der Waals surface area contributed by atoms with Crippen LogP contribution in [0.3, 0.4) is 0 Å². The number of piperazine rings is 1. The van der Waals surface area contributed by atoms with Gasteiger partial charge in [0.05, 0.1) is 0 Å². The Morgan fingerprint density at radius 3 is 2.33 bits per heavy atom. The molecule has 1 amide bonds. The van der Waals surface area contributed by atoms with Gasteiger partial charge in [-0.3, -0.25) is 9.69 Å². The van der Waals surface area contributed by atoms with Crippen molar-refractivity contribution in [3.8, 4) is 5.75 Å².